The molecule has 0 fully saturated rings. The van der Waals surface area contributed by atoms with Gasteiger partial charge in [-0.2, -0.15) is 0 Å². The summed E-state index contributed by atoms with van der Waals surface area (Å²) >= 11 is 0. The number of benzene rings is 1. The van der Waals surface area contributed by atoms with Gasteiger partial charge in [0.2, 0.25) is 9.76 Å². The highest BCUT2D eigenvalue weighted by atomic mass is 28.2. The van der Waals surface area contributed by atoms with E-state index in [0.29, 0.717) is 21.0 Å². The minimum Gasteiger partial charge on any atom is -0.496 e. The van der Waals surface area contributed by atoms with Crippen LogP contribution in [0.2, 0.25) is 5.04 Å². The molecule has 0 bridgehead atoms. The van der Waals surface area contributed by atoms with E-state index in [2.05, 4.69) is 63.1 Å². The van der Waals surface area contributed by atoms with Gasteiger partial charge in [0.25, 0.3) is 0 Å². The van der Waals surface area contributed by atoms with Crippen LogP contribution in [0.1, 0.15) is 65.1 Å². The molecule has 36 heavy (non-hydrogen) atoms. The van der Waals surface area contributed by atoms with Crippen LogP contribution in [0.5, 0.6) is 11.5 Å². The molecule has 0 saturated carbocycles. The number of hydrogen-bond acceptors (Lipinski definition) is 4. The van der Waals surface area contributed by atoms with Crippen LogP contribution in [-0.2, 0) is 4.43 Å². The number of halogens is 3. The standard InChI is InChI=1S/C27H35F3N2O3Si/c1-10-22(26(7,8)35-36-25(4,5)6)32-15-17(3)24-20(32)13-16(2)23(31-24)19-12-11-18(14-21(19)33-9)34-27(28,29)30/h11-15,22H,10H2,1-9H3/t22-/m0/s1. The van der Waals surface area contributed by atoms with Crippen molar-refractivity contribution in [2.45, 2.75) is 84.9 Å². The highest BCUT2D eigenvalue weighted by Gasteiger charge is 2.34. The molecule has 0 unspecified atom stereocenters. The van der Waals surface area contributed by atoms with E-state index in [1.165, 1.54) is 19.2 Å². The summed E-state index contributed by atoms with van der Waals surface area (Å²) in [6.45, 7) is 16.9. The molecule has 5 nitrogen and oxygen atoms in total. The first-order chi connectivity index (χ1) is 16.6. The van der Waals surface area contributed by atoms with Crippen LogP contribution in [-0.4, -0.2) is 38.4 Å². The topological polar surface area (TPSA) is 45.5 Å². The zero-order chi connectivity index (χ0) is 27.1. The maximum Gasteiger partial charge on any atom is 0.573 e. The zero-order valence-electron chi connectivity index (χ0n) is 22.4. The Hall–Kier alpha value is -2.52. The third kappa shape index (κ3) is 6.24. The summed E-state index contributed by atoms with van der Waals surface area (Å²) in [7, 11) is 1.78. The van der Waals surface area contributed by atoms with Gasteiger partial charge in [0.05, 0.1) is 35.5 Å². The predicted molar refractivity (Wildman–Crippen MR) is 138 cm³/mol. The number of aromatic nitrogens is 2. The molecule has 3 rings (SSSR count). The Balaban J connectivity index is 2.07. The first kappa shape index (κ1) is 28.1. The zero-order valence-corrected chi connectivity index (χ0v) is 23.4. The van der Waals surface area contributed by atoms with Crippen LogP contribution in [0.3, 0.4) is 0 Å². The average molecular weight is 521 g/mol. The molecule has 1 aromatic carbocycles. The fourth-order valence-corrected chi connectivity index (χ4v) is 5.10. The van der Waals surface area contributed by atoms with Crippen molar-refractivity contribution < 1.29 is 27.1 Å². The number of nitrogens with zero attached hydrogens (tertiary/aromatic N) is 2. The first-order valence-electron chi connectivity index (χ1n) is 11.9. The molecule has 0 spiro atoms. The fourth-order valence-electron chi connectivity index (χ4n) is 4.40. The summed E-state index contributed by atoms with van der Waals surface area (Å²) in [4.78, 5) is 4.96. The van der Waals surface area contributed by atoms with Gasteiger partial charge in [0.1, 0.15) is 11.5 Å². The van der Waals surface area contributed by atoms with Gasteiger partial charge in [0.15, 0.2) is 0 Å². The van der Waals surface area contributed by atoms with Crippen LogP contribution in [0, 0.1) is 13.8 Å². The van der Waals surface area contributed by atoms with Crippen molar-refractivity contribution in [3.8, 4) is 22.8 Å². The number of hydrogen-bond donors (Lipinski definition) is 0. The van der Waals surface area contributed by atoms with Crippen LogP contribution in [0.25, 0.3) is 22.3 Å². The maximum absolute atomic E-state index is 12.7. The normalized spacial score (nSPS) is 13.8. The van der Waals surface area contributed by atoms with Gasteiger partial charge in [0, 0.05) is 17.8 Å². The molecule has 0 N–H and O–H groups in total. The highest BCUT2D eigenvalue weighted by molar-refractivity contribution is 6.31. The average Bonchev–Trinajstić information content (AvgIpc) is 3.05. The Labute approximate surface area is 213 Å². The molecule has 1 atom stereocenters. The van der Waals surface area contributed by atoms with E-state index in [9.17, 15) is 13.2 Å². The number of ether oxygens (including phenoxy) is 2. The predicted octanol–water partition coefficient (Wildman–Crippen LogP) is 7.81. The molecule has 0 aliphatic carbocycles. The summed E-state index contributed by atoms with van der Waals surface area (Å²) in [5.41, 5.74) is 4.57. The van der Waals surface area contributed by atoms with Crippen molar-refractivity contribution >= 4 is 20.8 Å². The van der Waals surface area contributed by atoms with Gasteiger partial charge in [-0.3, -0.25) is 0 Å². The van der Waals surface area contributed by atoms with E-state index in [-0.39, 0.29) is 22.6 Å². The van der Waals surface area contributed by atoms with Crippen LogP contribution >= 0.6 is 0 Å². The van der Waals surface area contributed by atoms with E-state index in [4.69, 9.17) is 14.1 Å². The second-order valence-electron chi connectivity index (χ2n) is 10.6. The second kappa shape index (κ2) is 10.1. The van der Waals surface area contributed by atoms with Gasteiger partial charge in [-0.1, -0.05) is 27.7 Å². The molecule has 2 radical (unpaired) electrons. The van der Waals surface area contributed by atoms with Crippen LogP contribution in [0.4, 0.5) is 13.2 Å². The quantitative estimate of drug-likeness (QED) is 0.284. The summed E-state index contributed by atoms with van der Waals surface area (Å²) in [5.74, 6) is -0.0823. The van der Waals surface area contributed by atoms with Crippen molar-refractivity contribution in [3.05, 3.63) is 41.6 Å². The molecule has 0 amide bonds. The van der Waals surface area contributed by atoms with E-state index in [0.717, 1.165) is 28.6 Å². The Bertz CT molecular complexity index is 1230. The number of rotatable bonds is 8. The smallest absolute Gasteiger partial charge is 0.496 e. The largest absolute Gasteiger partial charge is 0.573 e. The van der Waals surface area contributed by atoms with Gasteiger partial charge in [-0.05, 0) is 68.5 Å². The van der Waals surface area contributed by atoms with Crippen LogP contribution in [0.15, 0.2) is 30.5 Å². The Morgan fingerprint density at radius 2 is 1.69 bits per heavy atom. The third-order valence-electron chi connectivity index (χ3n) is 5.98. The third-order valence-corrected chi connectivity index (χ3v) is 7.22. The summed E-state index contributed by atoms with van der Waals surface area (Å²) in [6, 6.07) is 6.22. The lowest BCUT2D eigenvalue weighted by Crippen LogP contribution is -2.38. The maximum atomic E-state index is 12.7. The molecule has 2 aromatic heterocycles. The SMILES string of the molecule is CC[C@H](n1cc(C)c2nc(-c3ccc(OC(F)(F)F)cc3OC)c(C)cc21)C(C)(C)O[Si]C(C)(C)C. The van der Waals surface area contributed by atoms with E-state index >= 15 is 0 Å². The number of aryl methyl sites for hydroxylation is 2. The van der Waals surface area contributed by atoms with Crippen molar-refractivity contribution in [1.29, 1.82) is 0 Å². The first-order valence-corrected chi connectivity index (χ1v) is 12.8. The lowest BCUT2D eigenvalue weighted by molar-refractivity contribution is -0.274. The lowest BCUT2D eigenvalue weighted by Gasteiger charge is -2.37. The summed E-state index contributed by atoms with van der Waals surface area (Å²) < 4.78 is 56.2. The molecular formula is C27H35F3N2O3Si. The number of methoxy groups -OCH3 is 1. The van der Waals surface area contributed by atoms with E-state index in [1.807, 2.05) is 13.8 Å². The minimum absolute atomic E-state index is 0.0804. The molecule has 2 heterocycles. The van der Waals surface area contributed by atoms with Crippen molar-refractivity contribution in [1.82, 2.24) is 9.55 Å². The van der Waals surface area contributed by atoms with E-state index in [1.54, 1.807) is 6.07 Å². The molecule has 0 aliphatic rings. The molecule has 0 saturated heterocycles. The van der Waals surface area contributed by atoms with E-state index < -0.39 is 12.0 Å². The van der Waals surface area contributed by atoms with Crippen LogP contribution < -0.4 is 9.47 Å². The summed E-state index contributed by atoms with van der Waals surface area (Å²) in [6.07, 6.45) is -1.79. The molecule has 9 heteroatoms. The molecular weight excluding hydrogens is 485 g/mol. The fraction of sp³-hybridized carbons (Fsp3) is 0.519. The second-order valence-corrected chi connectivity index (χ2v) is 12.5. The van der Waals surface area contributed by atoms with Gasteiger partial charge < -0.3 is 18.5 Å². The van der Waals surface area contributed by atoms with Crippen molar-refractivity contribution in [2.24, 2.45) is 0 Å². The summed E-state index contributed by atoms with van der Waals surface area (Å²) in [5, 5.41) is 0.0804. The van der Waals surface area contributed by atoms with Gasteiger partial charge in [-0.25, -0.2) is 4.98 Å². The van der Waals surface area contributed by atoms with Gasteiger partial charge >= 0.3 is 6.36 Å². The Kier molecular flexibility index (Phi) is 7.86. The lowest BCUT2D eigenvalue weighted by atomic mass is 9.96. The Morgan fingerprint density at radius 3 is 2.25 bits per heavy atom. The van der Waals surface area contributed by atoms with Crippen molar-refractivity contribution in [3.63, 3.8) is 0 Å². The van der Waals surface area contributed by atoms with Crippen molar-refractivity contribution in [2.75, 3.05) is 7.11 Å². The number of alkyl halides is 3. The Morgan fingerprint density at radius 1 is 1.03 bits per heavy atom. The monoisotopic (exact) mass is 520 g/mol. The number of pyridine rings is 1. The molecule has 3 aromatic rings. The highest BCUT2D eigenvalue weighted by Crippen LogP contribution is 2.39. The van der Waals surface area contributed by atoms with Gasteiger partial charge in [-0.15, -0.1) is 13.2 Å². The minimum atomic E-state index is -4.78. The molecule has 0 aliphatic heterocycles. The molecule has 196 valence electrons. The number of fused-ring (bicyclic) bond motifs is 1.